The number of rotatable bonds is 5. The van der Waals surface area contributed by atoms with Crippen LogP contribution in [0, 0.1) is 0 Å². The second kappa shape index (κ2) is 6.22. The van der Waals surface area contributed by atoms with Crippen LogP contribution in [0.3, 0.4) is 0 Å². The van der Waals surface area contributed by atoms with Crippen molar-refractivity contribution >= 4 is 27.1 Å². The standard InChI is InChI=1S/C12H15ClF3NO2S/c1-9(13)7-8-17(2)10-3-5-11(6-4-10)20(18,19)12(14,15)16/h3-6,9H,7-8H2,1-2H3. The predicted molar refractivity (Wildman–Crippen MR) is 72.9 cm³/mol. The molecule has 0 N–H and O–H groups in total. The largest absolute Gasteiger partial charge is 0.501 e. The Hall–Kier alpha value is -0.950. The molecule has 1 aromatic rings. The van der Waals surface area contributed by atoms with Crippen LogP contribution in [0.25, 0.3) is 0 Å². The zero-order valence-electron chi connectivity index (χ0n) is 11.0. The highest BCUT2D eigenvalue weighted by molar-refractivity contribution is 7.92. The highest BCUT2D eigenvalue weighted by atomic mass is 35.5. The fourth-order valence-electron chi connectivity index (χ4n) is 1.51. The lowest BCUT2D eigenvalue weighted by molar-refractivity contribution is -0.0436. The average Bonchev–Trinajstić information content (AvgIpc) is 2.34. The van der Waals surface area contributed by atoms with E-state index >= 15 is 0 Å². The molecule has 3 nitrogen and oxygen atoms in total. The first-order valence-electron chi connectivity index (χ1n) is 5.82. The Labute approximate surface area is 121 Å². The van der Waals surface area contributed by atoms with Gasteiger partial charge < -0.3 is 4.90 Å². The molecular weight excluding hydrogens is 315 g/mol. The van der Waals surface area contributed by atoms with Crippen LogP contribution in [-0.2, 0) is 9.84 Å². The molecule has 0 fully saturated rings. The van der Waals surface area contributed by atoms with Crippen LogP contribution in [0.1, 0.15) is 13.3 Å². The molecule has 0 aromatic heterocycles. The molecule has 8 heteroatoms. The summed E-state index contributed by atoms with van der Waals surface area (Å²) in [6.45, 7) is 2.46. The van der Waals surface area contributed by atoms with Crippen molar-refractivity contribution in [2.45, 2.75) is 29.1 Å². The van der Waals surface area contributed by atoms with Crippen LogP contribution < -0.4 is 4.90 Å². The molecule has 0 aliphatic carbocycles. The van der Waals surface area contributed by atoms with Crippen LogP contribution >= 0.6 is 11.6 Å². The van der Waals surface area contributed by atoms with E-state index in [1.54, 1.807) is 11.9 Å². The quantitative estimate of drug-likeness (QED) is 0.777. The molecule has 0 saturated carbocycles. The van der Waals surface area contributed by atoms with Crippen molar-refractivity contribution < 1.29 is 21.6 Å². The van der Waals surface area contributed by atoms with E-state index in [1.165, 1.54) is 12.1 Å². The smallest absolute Gasteiger partial charge is 0.375 e. The number of nitrogens with zero attached hydrogens (tertiary/aromatic N) is 1. The molecule has 1 atom stereocenters. The van der Waals surface area contributed by atoms with Crippen LogP contribution in [0.4, 0.5) is 18.9 Å². The van der Waals surface area contributed by atoms with Gasteiger partial charge in [-0.2, -0.15) is 13.2 Å². The average molecular weight is 330 g/mol. The van der Waals surface area contributed by atoms with Crippen molar-refractivity contribution in [1.29, 1.82) is 0 Å². The highest BCUT2D eigenvalue weighted by Gasteiger charge is 2.46. The number of sulfone groups is 1. The summed E-state index contributed by atoms with van der Waals surface area (Å²) in [7, 11) is -3.53. The maximum absolute atomic E-state index is 12.4. The molecule has 0 heterocycles. The number of halogens is 4. The molecule has 0 aliphatic rings. The lowest BCUT2D eigenvalue weighted by atomic mass is 10.2. The van der Waals surface area contributed by atoms with Gasteiger partial charge in [0, 0.05) is 24.7 Å². The number of hydrogen-bond donors (Lipinski definition) is 0. The normalized spacial score (nSPS) is 14.1. The fraction of sp³-hybridized carbons (Fsp3) is 0.500. The van der Waals surface area contributed by atoms with Gasteiger partial charge in [-0.05, 0) is 37.6 Å². The number of hydrogen-bond acceptors (Lipinski definition) is 3. The van der Waals surface area contributed by atoms with E-state index in [0.717, 1.165) is 12.1 Å². The zero-order chi connectivity index (χ0) is 15.6. The van der Waals surface area contributed by atoms with E-state index in [-0.39, 0.29) is 5.38 Å². The Morgan fingerprint density at radius 2 is 1.75 bits per heavy atom. The minimum atomic E-state index is -5.28. The van der Waals surface area contributed by atoms with Gasteiger partial charge in [-0.3, -0.25) is 0 Å². The first-order chi connectivity index (χ1) is 9.05. The van der Waals surface area contributed by atoms with Gasteiger partial charge >= 0.3 is 5.51 Å². The molecule has 0 spiro atoms. The van der Waals surface area contributed by atoms with Crippen LogP contribution in [0.2, 0.25) is 0 Å². The molecule has 1 aromatic carbocycles. The van der Waals surface area contributed by atoms with Gasteiger partial charge in [0.15, 0.2) is 0 Å². The van der Waals surface area contributed by atoms with Gasteiger partial charge in [-0.25, -0.2) is 8.42 Å². The third-order valence-corrected chi connectivity index (χ3v) is 4.48. The summed E-state index contributed by atoms with van der Waals surface area (Å²) in [5.74, 6) is 0. The summed E-state index contributed by atoms with van der Waals surface area (Å²) in [5.41, 5.74) is -4.66. The summed E-state index contributed by atoms with van der Waals surface area (Å²) in [6.07, 6.45) is 0.709. The molecule has 0 aliphatic heterocycles. The Kier molecular flexibility index (Phi) is 5.32. The first-order valence-corrected chi connectivity index (χ1v) is 7.74. The minimum Gasteiger partial charge on any atom is -0.375 e. The summed E-state index contributed by atoms with van der Waals surface area (Å²) < 4.78 is 59.5. The fourth-order valence-corrected chi connectivity index (χ4v) is 2.37. The van der Waals surface area contributed by atoms with Gasteiger partial charge in [0.25, 0.3) is 9.84 Å². The molecule has 1 rings (SSSR count). The number of alkyl halides is 4. The molecule has 0 radical (unpaired) electrons. The van der Waals surface area contributed by atoms with Crippen molar-refractivity contribution in [2.24, 2.45) is 0 Å². The van der Waals surface area contributed by atoms with Crippen molar-refractivity contribution in [2.75, 3.05) is 18.5 Å². The predicted octanol–water partition coefficient (Wildman–Crippen LogP) is 3.43. The highest BCUT2D eigenvalue weighted by Crippen LogP contribution is 2.31. The first kappa shape index (κ1) is 17.1. The molecular formula is C12H15ClF3NO2S. The third kappa shape index (κ3) is 4.02. The topological polar surface area (TPSA) is 37.4 Å². The van der Waals surface area contributed by atoms with E-state index in [1.807, 2.05) is 6.92 Å². The second-order valence-electron chi connectivity index (χ2n) is 4.43. The Balaban J connectivity index is 2.90. The monoisotopic (exact) mass is 329 g/mol. The molecule has 0 bridgehead atoms. The maximum atomic E-state index is 12.4. The Morgan fingerprint density at radius 1 is 1.25 bits per heavy atom. The second-order valence-corrected chi connectivity index (χ2v) is 7.12. The van der Waals surface area contributed by atoms with E-state index in [4.69, 9.17) is 11.6 Å². The minimum absolute atomic E-state index is 0.0117. The molecule has 1 unspecified atom stereocenters. The van der Waals surface area contributed by atoms with Gasteiger partial charge in [0.2, 0.25) is 0 Å². The summed E-state index contributed by atoms with van der Waals surface area (Å²) in [6, 6.07) is 4.60. The Morgan fingerprint density at radius 3 is 2.15 bits per heavy atom. The molecule has 0 saturated heterocycles. The van der Waals surface area contributed by atoms with E-state index < -0.39 is 20.2 Å². The van der Waals surface area contributed by atoms with Crippen molar-refractivity contribution in [3.8, 4) is 0 Å². The van der Waals surface area contributed by atoms with Crippen molar-refractivity contribution in [3.05, 3.63) is 24.3 Å². The molecule has 0 amide bonds. The Bertz CT molecular complexity index is 541. The van der Waals surface area contributed by atoms with Crippen LogP contribution in [0.5, 0.6) is 0 Å². The van der Waals surface area contributed by atoms with Crippen LogP contribution in [0.15, 0.2) is 29.2 Å². The molecule has 114 valence electrons. The van der Waals surface area contributed by atoms with Gasteiger partial charge in [0.1, 0.15) is 0 Å². The number of anilines is 1. The SMILES string of the molecule is CC(Cl)CCN(C)c1ccc(S(=O)(=O)C(F)(F)F)cc1. The number of benzene rings is 1. The third-order valence-electron chi connectivity index (χ3n) is 2.75. The summed E-state index contributed by atoms with van der Waals surface area (Å²) >= 11 is 5.81. The van der Waals surface area contributed by atoms with E-state index in [9.17, 15) is 21.6 Å². The van der Waals surface area contributed by atoms with Gasteiger partial charge in [0.05, 0.1) is 4.90 Å². The zero-order valence-corrected chi connectivity index (χ0v) is 12.6. The van der Waals surface area contributed by atoms with Gasteiger partial charge in [-0.15, -0.1) is 11.6 Å². The van der Waals surface area contributed by atoms with Gasteiger partial charge in [-0.1, -0.05) is 0 Å². The lowest BCUT2D eigenvalue weighted by Crippen LogP contribution is -2.23. The molecule has 20 heavy (non-hydrogen) atoms. The summed E-state index contributed by atoms with van der Waals surface area (Å²) in [4.78, 5) is 1.04. The van der Waals surface area contributed by atoms with Crippen molar-refractivity contribution in [1.82, 2.24) is 0 Å². The van der Waals surface area contributed by atoms with E-state index in [2.05, 4.69) is 0 Å². The van der Waals surface area contributed by atoms with Crippen molar-refractivity contribution in [3.63, 3.8) is 0 Å². The maximum Gasteiger partial charge on any atom is 0.501 e. The van der Waals surface area contributed by atoms with Crippen LogP contribution in [-0.4, -0.2) is 32.9 Å². The lowest BCUT2D eigenvalue weighted by Gasteiger charge is -2.20. The van der Waals surface area contributed by atoms with E-state index in [0.29, 0.717) is 18.7 Å². The summed E-state index contributed by atoms with van der Waals surface area (Å²) in [5, 5.41) is -0.0117.